The number of fused-ring (bicyclic) bond motifs is 1. The Hall–Kier alpha value is -2.28. The molecule has 0 saturated carbocycles. The molecule has 24 heavy (non-hydrogen) atoms. The first-order valence-electron chi connectivity index (χ1n) is 7.87. The van der Waals surface area contributed by atoms with Crippen LogP contribution in [0, 0.1) is 0 Å². The molecule has 0 radical (unpaired) electrons. The summed E-state index contributed by atoms with van der Waals surface area (Å²) in [7, 11) is 7.40. The number of rotatable bonds is 3. The molecule has 0 fully saturated rings. The minimum atomic E-state index is 0.354. The molecule has 7 nitrogen and oxygen atoms in total. The number of aliphatic imine (C=N–C) groups is 2. The maximum Gasteiger partial charge on any atom is 0.231 e. The summed E-state index contributed by atoms with van der Waals surface area (Å²) in [5, 5.41) is 0. The second kappa shape index (κ2) is 17.1. The first kappa shape index (κ1) is 24.0. The summed E-state index contributed by atoms with van der Waals surface area (Å²) < 4.78 is 10.6. The zero-order valence-corrected chi connectivity index (χ0v) is 15.8. The lowest BCUT2D eigenvalue weighted by Gasteiger charge is -2.09. The fourth-order valence-electron chi connectivity index (χ4n) is 1.45. The van der Waals surface area contributed by atoms with E-state index in [-0.39, 0.29) is 0 Å². The van der Waals surface area contributed by atoms with Gasteiger partial charge in [-0.25, -0.2) is 0 Å². The largest absolute Gasteiger partial charge is 0.454 e. The molecule has 0 aliphatic carbocycles. The van der Waals surface area contributed by atoms with Crippen molar-refractivity contribution in [1.29, 1.82) is 0 Å². The number of hydrogen-bond donors (Lipinski definition) is 2. The molecule has 0 unspecified atom stereocenters. The van der Waals surface area contributed by atoms with Crippen molar-refractivity contribution in [1.82, 2.24) is 4.90 Å². The molecule has 0 saturated heterocycles. The molecule has 7 heteroatoms. The van der Waals surface area contributed by atoms with Crippen molar-refractivity contribution in [3.05, 3.63) is 23.8 Å². The van der Waals surface area contributed by atoms with E-state index in [9.17, 15) is 0 Å². The van der Waals surface area contributed by atoms with Crippen molar-refractivity contribution in [2.24, 2.45) is 21.5 Å². The average Bonchev–Trinajstić information content (AvgIpc) is 3.09. The van der Waals surface area contributed by atoms with E-state index in [1.54, 1.807) is 14.1 Å². The second-order valence-electron chi connectivity index (χ2n) is 4.56. The second-order valence-corrected chi connectivity index (χ2v) is 4.56. The van der Waals surface area contributed by atoms with Crippen molar-refractivity contribution in [2.75, 3.05) is 41.5 Å². The van der Waals surface area contributed by atoms with Gasteiger partial charge in [-0.05, 0) is 38.2 Å². The van der Waals surface area contributed by atoms with E-state index >= 15 is 0 Å². The fourth-order valence-corrected chi connectivity index (χ4v) is 1.45. The summed E-state index contributed by atoms with van der Waals surface area (Å²) in [5.74, 6) is 1.74. The molecule has 0 spiro atoms. The molecule has 0 atom stereocenters. The lowest BCUT2D eigenvalue weighted by molar-refractivity contribution is 0.174. The van der Waals surface area contributed by atoms with Crippen molar-refractivity contribution >= 4 is 12.7 Å². The standard InChI is InChI=1S/C11H15NO2.2C2H6N2.C2H6/c1-12(2)6-5-9-3-4-10-11(7-9)14-8-13-10;2*1-4-2-3;1-2/h3-4,7H,5-6,8H2,1-2H3;2*2H,1H3,(H2,3,4);1-2H3. The van der Waals surface area contributed by atoms with Crippen LogP contribution in [-0.2, 0) is 6.42 Å². The van der Waals surface area contributed by atoms with E-state index in [2.05, 4.69) is 41.1 Å². The third kappa shape index (κ3) is 12.3. The Balaban J connectivity index is 0. The third-order valence-electron chi connectivity index (χ3n) is 2.58. The van der Waals surface area contributed by atoms with Crippen LogP contribution in [0.3, 0.4) is 0 Å². The molecule has 4 N–H and O–H groups in total. The highest BCUT2D eigenvalue weighted by atomic mass is 16.7. The van der Waals surface area contributed by atoms with Crippen LogP contribution < -0.4 is 20.9 Å². The Labute approximate surface area is 146 Å². The van der Waals surface area contributed by atoms with Crippen LogP contribution in [0.4, 0.5) is 0 Å². The van der Waals surface area contributed by atoms with Gasteiger partial charge in [0.1, 0.15) is 0 Å². The van der Waals surface area contributed by atoms with Gasteiger partial charge in [-0.2, -0.15) is 0 Å². The lowest BCUT2D eigenvalue weighted by Crippen LogP contribution is -2.14. The van der Waals surface area contributed by atoms with Crippen LogP contribution >= 0.6 is 0 Å². The smallest absolute Gasteiger partial charge is 0.231 e. The molecule has 1 aromatic carbocycles. The number of likely N-dealkylation sites (N-methyl/N-ethyl adjacent to an activating group) is 1. The van der Waals surface area contributed by atoms with E-state index in [4.69, 9.17) is 20.9 Å². The summed E-state index contributed by atoms with van der Waals surface area (Å²) in [5.41, 5.74) is 10.8. The van der Waals surface area contributed by atoms with Crippen LogP contribution in [0.1, 0.15) is 19.4 Å². The summed E-state index contributed by atoms with van der Waals surface area (Å²) in [4.78, 5) is 8.95. The van der Waals surface area contributed by atoms with E-state index in [1.165, 1.54) is 18.2 Å². The third-order valence-corrected chi connectivity index (χ3v) is 2.58. The number of ether oxygens (including phenoxy) is 2. The monoisotopic (exact) mass is 339 g/mol. The molecule has 0 amide bonds. The molecule has 2 rings (SSSR count). The van der Waals surface area contributed by atoms with Crippen LogP contribution in [0.15, 0.2) is 28.2 Å². The highest BCUT2D eigenvalue weighted by Gasteiger charge is 2.12. The summed E-state index contributed by atoms with van der Waals surface area (Å²) >= 11 is 0. The predicted octanol–water partition coefficient (Wildman–Crippen LogP) is 1.75. The maximum absolute atomic E-state index is 5.31. The van der Waals surface area contributed by atoms with Gasteiger partial charge in [0.25, 0.3) is 0 Å². The van der Waals surface area contributed by atoms with Crippen molar-refractivity contribution in [3.8, 4) is 11.5 Å². The molecular formula is C17H33N5O2. The first-order chi connectivity index (χ1) is 11.6. The number of hydrogen-bond acceptors (Lipinski definition) is 5. The normalized spacial score (nSPS) is 11.3. The van der Waals surface area contributed by atoms with E-state index in [0.29, 0.717) is 6.79 Å². The minimum absolute atomic E-state index is 0.354. The molecule has 0 bridgehead atoms. The predicted molar refractivity (Wildman–Crippen MR) is 103 cm³/mol. The van der Waals surface area contributed by atoms with Gasteiger partial charge in [-0.1, -0.05) is 19.9 Å². The summed E-state index contributed by atoms with van der Waals surface area (Å²) in [6.45, 7) is 5.41. The van der Waals surface area contributed by atoms with Gasteiger partial charge >= 0.3 is 0 Å². The van der Waals surface area contributed by atoms with Gasteiger partial charge in [0.05, 0.1) is 12.7 Å². The van der Waals surface area contributed by atoms with E-state index in [0.717, 1.165) is 24.5 Å². The minimum Gasteiger partial charge on any atom is -0.454 e. The van der Waals surface area contributed by atoms with Gasteiger partial charge in [-0.3, -0.25) is 9.98 Å². The Morgan fingerprint density at radius 2 is 1.54 bits per heavy atom. The first-order valence-corrected chi connectivity index (χ1v) is 7.87. The zero-order valence-electron chi connectivity index (χ0n) is 15.8. The van der Waals surface area contributed by atoms with Gasteiger partial charge in [-0.15, -0.1) is 0 Å². The Morgan fingerprint density at radius 3 is 2.00 bits per heavy atom. The zero-order chi connectivity index (χ0) is 18.8. The quantitative estimate of drug-likeness (QED) is 0.646. The summed E-state index contributed by atoms with van der Waals surface area (Å²) in [6, 6.07) is 6.14. The molecule has 1 aromatic rings. The van der Waals surface area contributed by atoms with Gasteiger partial charge in [0.2, 0.25) is 6.79 Å². The van der Waals surface area contributed by atoms with Crippen LogP contribution in [0.5, 0.6) is 11.5 Å². The molecule has 1 aliphatic heterocycles. The lowest BCUT2D eigenvalue weighted by atomic mass is 10.1. The van der Waals surface area contributed by atoms with E-state index in [1.807, 2.05) is 19.9 Å². The number of nitrogens with two attached hydrogens (primary N) is 2. The maximum atomic E-state index is 5.31. The van der Waals surface area contributed by atoms with Crippen molar-refractivity contribution in [2.45, 2.75) is 20.3 Å². The molecule has 0 aromatic heterocycles. The van der Waals surface area contributed by atoms with Crippen LogP contribution in [0.2, 0.25) is 0 Å². The molecule has 1 heterocycles. The molecular weight excluding hydrogens is 306 g/mol. The SMILES string of the molecule is CC.CN(C)CCc1ccc2c(c1)OCO2.CN=CN.CN=CN. The van der Waals surface area contributed by atoms with Gasteiger partial charge in [0.15, 0.2) is 11.5 Å². The Kier molecular flexibility index (Phi) is 17.1. The van der Waals surface area contributed by atoms with Gasteiger partial charge in [0, 0.05) is 20.6 Å². The Bertz CT molecular complexity index is 444. The van der Waals surface area contributed by atoms with Crippen LogP contribution in [-0.4, -0.2) is 59.1 Å². The molecule has 1 aliphatic rings. The number of nitrogens with zero attached hydrogens (tertiary/aromatic N) is 3. The van der Waals surface area contributed by atoms with Crippen molar-refractivity contribution < 1.29 is 9.47 Å². The van der Waals surface area contributed by atoms with E-state index < -0.39 is 0 Å². The highest BCUT2D eigenvalue weighted by molar-refractivity contribution is 5.50. The van der Waals surface area contributed by atoms with Crippen molar-refractivity contribution in [3.63, 3.8) is 0 Å². The van der Waals surface area contributed by atoms with Crippen LogP contribution in [0.25, 0.3) is 0 Å². The topological polar surface area (TPSA) is 98.5 Å². The fraction of sp³-hybridized carbons (Fsp3) is 0.529. The Morgan fingerprint density at radius 1 is 1.04 bits per heavy atom. The molecule has 138 valence electrons. The van der Waals surface area contributed by atoms with Gasteiger partial charge < -0.3 is 25.8 Å². The summed E-state index contributed by atoms with van der Waals surface area (Å²) in [6.07, 6.45) is 3.55. The number of benzene rings is 1. The highest BCUT2D eigenvalue weighted by Crippen LogP contribution is 2.32. The average molecular weight is 339 g/mol.